The molecule has 7 nitrogen and oxygen atoms in total. The Morgan fingerprint density at radius 2 is 1.84 bits per heavy atom. The molecule has 174 valence electrons. The molecule has 1 saturated heterocycles. The topological polar surface area (TPSA) is 83.9 Å². The Hall–Kier alpha value is -2.39. The second-order valence-corrected chi connectivity index (χ2v) is 9.57. The molecule has 32 heavy (non-hydrogen) atoms. The number of hydrogen-bond donors (Lipinski definition) is 1. The van der Waals surface area contributed by atoms with E-state index < -0.39 is 12.1 Å². The fourth-order valence-corrected chi connectivity index (χ4v) is 5.29. The number of nitrogens with zero attached hydrogens (tertiary/aromatic N) is 4. The molecule has 0 aromatic carbocycles. The maximum absolute atomic E-state index is 13.6. The van der Waals surface area contributed by atoms with E-state index in [0.29, 0.717) is 62.1 Å². The van der Waals surface area contributed by atoms with Crippen LogP contribution >= 0.6 is 0 Å². The van der Waals surface area contributed by atoms with Gasteiger partial charge in [0.1, 0.15) is 17.4 Å². The number of nitrogens with one attached hydrogen (secondary N) is 1. The molecule has 1 aliphatic heterocycles. The average molecular weight is 451 g/mol. The number of rotatable bonds is 4. The van der Waals surface area contributed by atoms with Gasteiger partial charge in [0.25, 0.3) is 5.56 Å². The largest absolute Gasteiger partial charge is 0.342 e. The summed E-state index contributed by atoms with van der Waals surface area (Å²) in [5, 5.41) is 4.66. The number of amides is 1. The SMILES string of the molecule is O=C(CC1CCC1c1nc2c(cnn2C2CCC(F)(F)CC2)c(=O)[nH]1)N1CCC(F)CC1. The summed E-state index contributed by atoms with van der Waals surface area (Å²) in [5.41, 5.74) is 0.139. The lowest BCUT2D eigenvalue weighted by Crippen LogP contribution is -2.41. The van der Waals surface area contributed by atoms with E-state index >= 15 is 0 Å². The summed E-state index contributed by atoms with van der Waals surface area (Å²) in [5.74, 6) is -2.02. The number of likely N-dealkylation sites (tertiary alicyclic amines) is 1. The van der Waals surface area contributed by atoms with E-state index in [1.165, 1.54) is 6.20 Å². The number of aromatic nitrogens is 4. The van der Waals surface area contributed by atoms with Crippen LogP contribution in [-0.4, -0.2) is 55.7 Å². The zero-order chi connectivity index (χ0) is 22.5. The molecule has 3 fully saturated rings. The summed E-state index contributed by atoms with van der Waals surface area (Å²) in [7, 11) is 0. The normalized spacial score (nSPS) is 26.9. The predicted molar refractivity (Wildman–Crippen MR) is 111 cm³/mol. The van der Waals surface area contributed by atoms with Crippen molar-refractivity contribution in [2.45, 2.75) is 81.8 Å². The lowest BCUT2D eigenvalue weighted by atomic mass is 9.71. The minimum absolute atomic E-state index is 0.0307. The highest BCUT2D eigenvalue weighted by Crippen LogP contribution is 2.44. The number of carbonyl (C=O) groups excluding carboxylic acids is 1. The van der Waals surface area contributed by atoms with Crippen molar-refractivity contribution < 1.29 is 18.0 Å². The van der Waals surface area contributed by atoms with Gasteiger partial charge < -0.3 is 9.88 Å². The molecule has 1 N–H and O–H groups in total. The Kier molecular flexibility index (Phi) is 5.49. The first kappa shape index (κ1) is 21.5. The van der Waals surface area contributed by atoms with Crippen molar-refractivity contribution >= 4 is 16.9 Å². The van der Waals surface area contributed by atoms with Gasteiger partial charge in [0.05, 0.1) is 12.2 Å². The standard InChI is InChI=1S/C22H28F3N5O2/c23-14-5-9-29(10-6-14)18(31)11-13-1-2-16(13)19-27-20-17(21(32)28-19)12-26-30(20)15-3-7-22(24,25)8-4-15/h12-16H,1-11H2,(H,27,28,32). The van der Waals surface area contributed by atoms with Gasteiger partial charge in [-0.2, -0.15) is 5.10 Å². The molecule has 1 amide bonds. The fraction of sp³-hybridized carbons (Fsp3) is 0.727. The predicted octanol–water partition coefficient (Wildman–Crippen LogP) is 3.71. The molecule has 2 aromatic heterocycles. The second kappa shape index (κ2) is 8.19. The first-order valence-electron chi connectivity index (χ1n) is 11.6. The monoisotopic (exact) mass is 451 g/mol. The average Bonchev–Trinajstić information content (AvgIpc) is 3.16. The third-order valence-corrected chi connectivity index (χ3v) is 7.50. The van der Waals surface area contributed by atoms with Crippen molar-refractivity contribution in [2.24, 2.45) is 5.92 Å². The van der Waals surface area contributed by atoms with E-state index in [9.17, 15) is 22.8 Å². The van der Waals surface area contributed by atoms with Crippen LogP contribution < -0.4 is 5.56 Å². The molecule has 0 radical (unpaired) electrons. The van der Waals surface area contributed by atoms with Crippen LogP contribution in [0.25, 0.3) is 11.0 Å². The molecule has 3 heterocycles. The van der Waals surface area contributed by atoms with Gasteiger partial charge in [-0.15, -0.1) is 0 Å². The van der Waals surface area contributed by atoms with Crippen LogP contribution in [0.5, 0.6) is 0 Å². The minimum atomic E-state index is -2.64. The summed E-state index contributed by atoms with van der Waals surface area (Å²) in [4.78, 5) is 34.6. The minimum Gasteiger partial charge on any atom is -0.342 e. The van der Waals surface area contributed by atoms with Crippen LogP contribution in [0.1, 0.15) is 75.6 Å². The van der Waals surface area contributed by atoms with Crippen molar-refractivity contribution in [3.63, 3.8) is 0 Å². The summed E-state index contributed by atoms with van der Waals surface area (Å²) < 4.78 is 42.1. The van der Waals surface area contributed by atoms with E-state index in [1.54, 1.807) is 9.58 Å². The van der Waals surface area contributed by atoms with Crippen LogP contribution in [0.3, 0.4) is 0 Å². The highest BCUT2D eigenvalue weighted by molar-refractivity contribution is 5.77. The van der Waals surface area contributed by atoms with Crippen molar-refractivity contribution in [3.8, 4) is 0 Å². The van der Waals surface area contributed by atoms with Gasteiger partial charge in [0.15, 0.2) is 5.65 Å². The Morgan fingerprint density at radius 3 is 2.50 bits per heavy atom. The zero-order valence-electron chi connectivity index (χ0n) is 17.9. The Bertz CT molecular complexity index is 1050. The molecule has 2 unspecified atom stereocenters. The lowest BCUT2D eigenvalue weighted by Gasteiger charge is -2.37. The molecule has 2 aromatic rings. The number of piperidine rings is 1. The lowest BCUT2D eigenvalue weighted by molar-refractivity contribution is -0.134. The van der Waals surface area contributed by atoms with Crippen molar-refractivity contribution in [1.82, 2.24) is 24.6 Å². The summed E-state index contributed by atoms with van der Waals surface area (Å²) in [6.45, 7) is 0.913. The first-order valence-corrected chi connectivity index (χ1v) is 11.6. The Morgan fingerprint density at radius 1 is 1.12 bits per heavy atom. The summed E-state index contributed by atoms with van der Waals surface area (Å²) in [6, 6.07) is -0.202. The van der Waals surface area contributed by atoms with Crippen molar-refractivity contribution in [3.05, 3.63) is 22.4 Å². The van der Waals surface area contributed by atoms with Crippen LogP contribution in [0.15, 0.2) is 11.0 Å². The van der Waals surface area contributed by atoms with Crippen LogP contribution in [-0.2, 0) is 4.79 Å². The number of H-pyrrole nitrogens is 1. The molecular formula is C22H28F3N5O2. The summed E-state index contributed by atoms with van der Waals surface area (Å²) >= 11 is 0. The number of carbonyl (C=O) groups is 1. The van der Waals surface area contributed by atoms with E-state index in [1.807, 2.05) is 0 Å². The van der Waals surface area contributed by atoms with Gasteiger partial charge in [0.2, 0.25) is 11.8 Å². The highest BCUT2D eigenvalue weighted by atomic mass is 19.3. The Balaban J connectivity index is 1.33. The molecule has 0 spiro atoms. The van der Waals surface area contributed by atoms with Gasteiger partial charge in [-0.3, -0.25) is 9.59 Å². The van der Waals surface area contributed by atoms with Crippen LogP contribution in [0, 0.1) is 5.92 Å². The smallest absolute Gasteiger partial charge is 0.262 e. The highest BCUT2D eigenvalue weighted by Gasteiger charge is 2.39. The van der Waals surface area contributed by atoms with Gasteiger partial charge in [0, 0.05) is 38.3 Å². The van der Waals surface area contributed by atoms with E-state index in [4.69, 9.17) is 4.98 Å². The zero-order valence-corrected chi connectivity index (χ0v) is 17.9. The number of alkyl halides is 3. The third-order valence-electron chi connectivity index (χ3n) is 7.50. The van der Waals surface area contributed by atoms with Gasteiger partial charge in [-0.1, -0.05) is 0 Å². The molecule has 2 atom stereocenters. The molecular weight excluding hydrogens is 423 g/mol. The molecule has 0 bridgehead atoms. The number of fused-ring (bicyclic) bond motifs is 1. The number of halogens is 3. The van der Waals surface area contributed by atoms with E-state index in [-0.39, 0.29) is 42.2 Å². The van der Waals surface area contributed by atoms with Crippen molar-refractivity contribution in [1.29, 1.82) is 0 Å². The molecule has 2 aliphatic carbocycles. The Labute approximate surface area is 183 Å². The molecule has 2 saturated carbocycles. The third kappa shape index (κ3) is 4.03. The maximum Gasteiger partial charge on any atom is 0.262 e. The van der Waals surface area contributed by atoms with Gasteiger partial charge in [-0.25, -0.2) is 22.8 Å². The second-order valence-electron chi connectivity index (χ2n) is 9.57. The quantitative estimate of drug-likeness (QED) is 0.768. The van der Waals surface area contributed by atoms with Gasteiger partial charge in [-0.05, 0) is 44.4 Å². The number of hydrogen-bond acceptors (Lipinski definition) is 4. The van der Waals surface area contributed by atoms with Gasteiger partial charge >= 0.3 is 0 Å². The maximum atomic E-state index is 13.6. The molecule has 5 rings (SSSR count). The first-order chi connectivity index (χ1) is 15.3. The molecule has 3 aliphatic rings. The molecule has 10 heteroatoms. The van der Waals surface area contributed by atoms with Crippen LogP contribution in [0.2, 0.25) is 0 Å². The fourth-order valence-electron chi connectivity index (χ4n) is 5.29. The van der Waals surface area contributed by atoms with E-state index in [0.717, 1.165) is 12.8 Å². The summed E-state index contributed by atoms with van der Waals surface area (Å²) in [6.07, 6.45) is 3.67. The van der Waals surface area contributed by atoms with Crippen molar-refractivity contribution in [2.75, 3.05) is 13.1 Å². The van der Waals surface area contributed by atoms with E-state index in [2.05, 4.69) is 10.1 Å². The number of aromatic amines is 1. The van der Waals surface area contributed by atoms with Crippen LogP contribution in [0.4, 0.5) is 13.2 Å².